The van der Waals surface area contributed by atoms with Gasteiger partial charge in [0.1, 0.15) is 0 Å². The highest BCUT2D eigenvalue weighted by molar-refractivity contribution is 7.98. The van der Waals surface area contributed by atoms with Crippen molar-refractivity contribution in [3.8, 4) is 0 Å². The highest BCUT2D eigenvalue weighted by Gasteiger charge is 2.12. The predicted octanol–water partition coefficient (Wildman–Crippen LogP) is 4.30. The van der Waals surface area contributed by atoms with Gasteiger partial charge in [-0.1, -0.05) is 24.3 Å². The first-order valence-electron chi connectivity index (χ1n) is 6.13. The van der Waals surface area contributed by atoms with Crippen LogP contribution in [0.15, 0.2) is 36.4 Å². The molecule has 2 aromatic rings. The molecule has 0 spiro atoms. The van der Waals surface area contributed by atoms with Gasteiger partial charge in [-0.15, -0.1) is 23.1 Å². The molecular formula is C15H19NS2. The van der Waals surface area contributed by atoms with Crippen LogP contribution in [0.25, 0.3) is 0 Å². The van der Waals surface area contributed by atoms with Crippen molar-refractivity contribution in [2.24, 2.45) is 5.73 Å². The standard InChI is InChI=1S/C15H19NS2/c1-11-5-3-4-6-13(11)10-17-15(9-16)14-8-7-12(2)18-14/h3-8,15H,9-10,16H2,1-2H3. The molecule has 0 bridgehead atoms. The number of thiophene rings is 1. The lowest BCUT2D eigenvalue weighted by Gasteiger charge is -2.13. The van der Waals surface area contributed by atoms with E-state index in [1.54, 1.807) is 0 Å². The summed E-state index contributed by atoms with van der Waals surface area (Å²) in [6, 6.07) is 13.0. The largest absolute Gasteiger partial charge is 0.329 e. The second-order valence-electron chi connectivity index (χ2n) is 4.41. The van der Waals surface area contributed by atoms with Crippen LogP contribution in [-0.2, 0) is 5.75 Å². The van der Waals surface area contributed by atoms with E-state index in [2.05, 4.69) is 50.2 Å². The molecule has 0 saturated carbocycles. The Morgan fingerprint density at radius 3 is 2.56 bits per heavy atom. The maximum atomic E-state index is 5.90. The molecule has 0 aliphatic rings. The summed E-state index contributed by atoms with van der Waals surface area (Å²) < 4.78 is 0. The van der Waals surface area contributed by atoms with Crippen molar-refractivity contribution in [3.63, 3.8) is 0 Å². The quantitative estimate of drug-likeness (QED) is 0.882. The highest BCUT2D eigenvalue weighted by Crippen LogP contribution is 2.35. The fraction of sp³-hybridized carbons (Fsp3) is 0.333. The molecule has 96 valence electrons. The summed E-state index contributed by atoms with van der Waals surface area (Å²) in [5.41, 5.74) is 8.68. The van der Waals surface area contributed by atoms with Gasteiger partial charge in [0.25, 0.3) is 0 Å². The Bertz CT molecular complexity index is 505. The summed E-state index contributed by atoms with van der Waals surface area (Å²) in [7, 11) is 0. The zero-order valence-electron chi connectivity index (χ0n) is 10.8. The van der Waals surface area contributed by atoms with Crippen molar-refractivity contribution in [1.82, 2.24) is 0 Å². The summed E-state index contributed by atoms with van der Waals surface area (Å²) in [5.74, 6) is 1.03. The summed E-state index contributed by atoms with van der Waals surface area (Å²) in [6.07, 6.45) is 0. The molecule has 2 rings (SSSR count). The number of thioether (sulfide) groups is 1. The van der Waals surface area contributed by atoms with Crippen molar-refractivity contribution in [1.29, 1.82) is 0 Å². The number of aryl methyl sites for hydroxylation is 2. The van der Waals surface area contributed by atoms with Crippen LogP contribution in [0.1, 0.15) is 26.1 Å². The number of nitrogens with two attached hydrogens (primary N) is 1. The average molecular weight is 277 g/mol. The highest BCUT2D eigenvalue weighted by atomic mass is 32.2. The number of benzene rings is 1. The van der Waals surface area contributed by atoms with Crippen LogP contribution in [0.5, 0.6) is 0 Å². The summed E-state index contributed by atoms with van der Waals surface area (Å²) in [6.45, 7) is 5.02. The van der Waals surface area contributed by atoms with Crippen molar-refractivity contribution < 1.29 is 0 Å². The molecule has 0 radical (unpaired) electrons. The normalized spacial score (nSPS) is 12.6. The van der Waals surface area contributed by atoms with Gasteiger partial charge in [-0.05, 0) is 37.1 Å². The van der Waals surface area contributed by atoms with Gasteiger partial charge in [0, 0.05) is 22.1 Å². The van der Waals surface area contributed by atoms with Crippen LogP contribution in [0, 0.1) is 13.8 Å². The first kappa shape index (κ1) is 13.7. The second-order valence-corrected chi connectivity index (χ2v) is 6.92. The van der Waals surface area contributed by atoms with Crippen LogP contribution in [0.4, 0.5) is 0 Å². The van der Waals surface area contributed by atoms with Crippen molar-refractivity contribution in [2.45, 2.75) is 24.9 Å². The second kappa shape index (κ2) is 6.41. The molecular weight excluding hydrogens is 258 g/mol. The minimum Gasteiger partial charge on any atom is -0.329 e. The van der Waals surface area contributed by atoms with Gasteiger partial charge in [-0.2, -0.15) is 0 Å². The lowest BCUT2D eigenvalue weighted by Crippen LogP contribution is -2.08. The molecule has 1 aromatic carbocycles. The van der Waals surface area contributed by atoms with Crippen molar-refractivity contribution >= 4 is 23.1 Å². The number of hydrogen-bond acceptors (Lipinski definition) is 3. The van der Waals surface area contributed by atoms with Crippen LogP contribution >= 0.6 is 23.1 Å². The molecule has 1 aromatic heterocycles. The zero-order valence-corrected chi connectivity index (χ0v) is 12.5. The van der Waals surface area contributed by atoms with E-state index in [-0.39, 0.29) is 0 Å². The molecule has 3 heteroatoms. The van der Waals surface area contributed by atoms with Gasteiger partial charge < -0.3 is 5.73 Å². The summed E-state index contributed by atoms with van der Waals surface area (Å²) in [5, 5.41) is 0.420. The maximum absolute atomic E-state index is 5.90. The number of rotatable bonds is 5. The molecule has 0 fully saturated rings. The molecule has 18 heavy (non-hydrogen) atoms. The Morgan fingerprint density at radius 1 is 1.17 bits per heavy atom. The molecule has 0 saturated heterocycles. The minimum absolute atomic E-state index is 0.420. The average Bonchev–Trinajstić information content (AvgIpc) is 2.79. The van der Waals surface area contributed by atoms with Gasteiger partial charge in [0.05, 0.1) is 5.25 Å². The number of hydrogen-bond donors (Lipinski definition) is 1. The van der Waals surface area contributed by atoms with Gasteiger partial charge in [-0.25, -0.2) is 0 Å². The minimum atomic E-state index is 0.420. The molecule has 1 nitrogen and oxygen atoms in total. The van der Waals surface area contributed by atoms with E-state index in [0.29, 0.717) is 11.8 Å². The Hall–Kier alpha value is -0.770. The topological polar surface area (TPSA) is 26.0 Å². The van der Waals surface area contributed by atoms with E-state index in [9.17, 15) is 0 Å². The maximum Gasteiger partial charge on any atom is 0.0516 e. The van der Waals surface area contributed by atoms with Crippen LogP contribution in [0.2, 0.25) is 0 Å². The van der Waals surface area contributed by atoms with Crippen LogP contribution < -0.4 is 5.73 Å². The Morgan fingerprint density at radius 2 is 1.94 bits per heavy atom. The van der Waals surface area contributed by atoms with Gasteiger partial charge in [0.15, 0.2) is 0 Å². The fourth-order valence-corrected chi connectivity index (χ4v) is 4.16. The molecule has 2 N–H and O–H groups in total. The lowest BCUT2D eigenvalue weighted by atomic mass is 10.1. The van der Waals surface area contributed by atoms with Gasteiger partial charge in [0.2, 0.25) is 0 Å². The fourth-order valence-electron chi connectivity index (χ4n) is 1.86. The first-order valence-corrected chi connectivity index (χ1v) is 7.99. The molecule has 0 amide bonds. The van der Waals surface area contributed by atoms with Gasteiger partial charge >= 0.3 is 0 Å². The first-order chi connectivity index (χ1) is 8.70. The SMILES string of the molecule is Cc1ccc(C(CN)SCc2ccccc2C)s1. The Labute approximate surface area is 117 Å². The van der Waals surface area contributed by atoms with E-state index in [1.807, 2.05) is 23.1 Å². The third kappa shape index (κ3) is 3.37. The van der Waals surface area contributed by atoms with E-state index in [1.165, 1.54) is 20.9 Å². The van der Waals surface area contributed by atoms with Crippen molar-refractivity contribution in [3.05, 3.63) is 57.3 Å². The van der Waals surface area contributed by atoms with E-state index < -0.39 is 0 Å². The smallest absolute Gasteiger partial charge is 0.0516 e. The summed E-state index contributed by atoms with van der Waals surface area (Å²) in [4.78, 5) is 2.76. The van der Waals surface area contributed by atoms with Gasteiger partial charge in [-0.3, -0.25) is 0 Å². The Balaban J connectivity index is 2.02. The third-order valence-corrected chi connectivity index (χ3v) is 5.58. The van der Waals surface area contributed by atoms with E-state index in [0.717, 1.165) is 5.75 Å². The zero-order chi connectivity index (χ0) is 13.0. The van der Waals surface area contributed by atoms with Crippen molar-refractivity contribution in [2.75, 3.05) is 6.54 Å². The Kier molecular flexibility index (Phi) is 4.87. The van der Waals surface area contributed by atoms with Crippen LogP contribution in [0.3, 0.4) is 0 Å². The van der Waals surface area contributed by atoms with E-state index in [4.69, 9.17) is 5.73 Å². The molecule has 1 atom stereocenters. The molecule has 0 aliphatic carbocycles. The molecule has 0 aliphatic heterocycles. The van der Waals surface area contributed by atoms with E-state index >= 15 is 0 Å². The molecule has 1 unspecified atom stereocenters. The predicted molar refractivity (Wildman–Crippen MR) is 83.3 cm³/mol. The summed E-state index contributed by atoms with van der Waals surface area (Å²) >= 11 is 3.80. The van der Waals surface area contributed by atoms with Crippen LogP contribution in [-0.4, -0.2) is 6.54 Å². The lowest BCUT2D eigenvalue weighted by molar-refractivity contribution is 0.959. The monoisotopic (exact) mass is 277 g/mol. The third-order valence-electron chi connectivity index (χ3n) is 2.99. The molecule has 1 heterocycles.